The molecule has 0 saturated heterocycles. The maximum atomic E-state index is 13.0. The number of pyridine rings is 1. The van der Waals surface area contributed by atoms with Gasteiger partial charge in [-0.15, -0.1) is 4.91 Å². The summed E-state index contributed by atoms with van der Waals surface area (Å²) in [7, 11) is -2.73. The molecule has 0 aliphatic heterocycles. The predicted molar refractivity (Wildman–Crippen MR) is 209 cm³/mol. The van der Waals surface area contributed by atoms with Gasteiger partial charge >= 0.3 is 0 Å². The molecule has 9 rings (SSSR count). The van der Waals surface area contributed by atoms with Gasteiger partial charge in [0.05, 0.1) is 11.0 Å². The zero-order valence-electron chi connectivity index (χ0n) is 26.8. The normalized spacial score (nSPS) is 12.7. The van der Waals surface area contributed by atoms with E-state index < -0.39 is 7.41 Å². The van der Waals surface area contributed by atoms with Crippen LogP contribution in [0.2, 0.25) is 0 Å². The summed E-state index contributed by atoms with van der Waals surface area (Å²) in [4.78, 5) is 22.3. The molecule has 1 heterocycles. The topological polar surface area (TPSA) is 42.3 Å². The molecule has 0 fully saturated rings. The Balaban J connectivity index is 1.21. The zero-order chi connectivity index (χ0) is 32.8. The van der Waals surface area contributed by atoms with Crippen LogP contribution in [0.5, 0.6) is 0 Å². The first kappa shape index (κ1) is 29.4. The summed E-state index contributed by atoms with van der Waals surface area (Å²) < 4.78 is 0. The molecular formula is C45H32N2OP+. The van der Waals surface area contributed by atoms with Gasteiger partial charge in [-0.2, -0.15) is 0 Å². The Bertz CT molecular complexity index is 2520. The van der Waals surface area contributed by atoms with Gasteiger partial charge in [-0.05, 0) is 82.9 Å². The second-order valence-corrected chi connectivity index (χ2v) is 15.6. The Labute approximate surface area is 286 Å². The number of nitrogens with zero attached hydrogens (tertiary/aromatic N) is 2. The van der Waals surface area contributed by atoms with Gasteiger partial charge in [0, 0.05) is 27.3 Å². The minimum Gasteiger partial charge on any atom is -0.246 e. The van der Waals surface area contributed by atoms with Crippen molar-refractivity contribution in [3.05, 3.63) is 180 Å². The maximum absolute atomic E-state index is 13.0. The van der Waals surface area contributed by atoms with Crippen LogP contribution in [0.3, 0.4) is 0 Å². The van der Waals surface area contributed by atoms with E-state index in [1.165, 1.54) is 27.5 Å². The van der Waals surface area contributed by atoms with Crippen LogP contribution in [0, 0.1) is 4.91 Å². The molecule has 49 heavy (non-hydrogen) atoms. The van der Waals surface area contributed by atoms with E-state index in [4.69, 9.17) is 4.98 Å². The monoisotopic (exact) mass is 647 g/mol. The quantitative estimate of drug-likeness (QED) is 0.0780. The Morgan fingerprint density at radius 3 is 1.94 bits per heavy atom. The number of aromatic nitrogens is 1. The first-order chi connectivity index (χ1) is 24.2. The van der Waals surface area contributed by atoms with E-state index in [1.807, 2.05) is 60.7 Å². The molecule has 0 atom stereocenters. The van der Waals surface area contributed by atoms with Crippen LogP contribution in [0.25, 0.3) is 60.9 Å². The van der Waals surface area contributed by atoms with Crippen LogP contribution < -0.4 is 15.9 Å². The lowest BCUT2D eigenvalue weighted by molar-refractivity contribution is 0.988. The number of hydrogen-bond acceptors (Lipinski definition) is 3. The summed E-state index contributed by atoms with van der Waals surface area (Å²) in [5.41, 5.74) is 9.24. The number of rotatable bonds is 6. The third kappa shape index (κ3) is 4.81. The van der Waals surface area contributed by atoms with Crippen molar-refractivity contribution < 1.29 is 0 Å². The first-order valence-electron chi connectivity index (χ1n) is 16.7. The number of nitroso groups, excluding NO2 is 1. The Hall–Kier alpha value is -5.76. The van der Waals surface area contributed by atoms with Crippen molar-refractivity contribution in [2.75, 3.05) is 0 Å². The van der Waals surface area contributed by atoms with Crippen LogP contribution in [0.15, 0.2) is 169 Å². The Kier molecular flexibility index (Phi) is 7.22. The van der Waals surface area contributed by atoms with Crippen LogP contribution in [0.4, 0.5) is 0 Å². The van der Waals surface area contributed by atoms with Crippen molar-refractivity contribution in [2.45, 2.75) is 12.8 Å². The van der Waals surface area contributed by atoms with E-state index >= 15 is 0 Å². The van der Waals surface area contributed by atoms with Crippen LogP contribution in [-0.4, -0.2) is 4.98 Å². The summed E-state index contributed by atoms with van der Waals surface area (Å²) >= 11 is 0. The predicted octanol–water partition coefficient (Wildman–Crippen LogP) is 10.8. The Morgan fingerprint density at radius 2 is 1.18 bits per heavy atom. The molecule has 0 N–H and O–H groups in total. The average Bonchev–Trinajstić information content (AvgIpc) is 3.18. The van der Waals surface area contributed by atoms with E-state index in [0.29, 0.717) is 0 Å². The molecule has 0 spiro atoms. The molecule has 0 saturated carbocycles. The van der Waals surface area contributed by atoms with Crippen LogP contribution in [0.1, 0.15) is 17.5 Å². The van der Waals surface area contributed by atoms with Crippen molar-refractivity contribution in [1.82, 2.24) is 4.98 Å². The lowest BCUT2D eigenvalue weighted by atomic mass is 9.88. The van der Waals surface area contributed by atoms with Gasteiger partial charge in [0.1, 0.15) is 20.9 Å². The molecule has 0 radical (unpaired) electrons. The lowest BCUT2D eigenvalue weighted by Gasteiger charge is -2.19. The molecule has 0 bridgehead atoms. The minimum absolute atomic E-state index is 0.940. The van der Waals surface area contributed by atoms with E-state index in [2.05, 4.69) is 114 Å². The fourth-order valence-corrected chi connectivity index (χ4v) is 10.5. The highest BCUT2D eigenvalue weighted by Crippen LogP contribution is 2.56. The van der Waals surface area contributed by atoms with Gasteiger partial charge in [0.2, 0.25) is 0 Å². The minimum atomic E-state index is -2.73. The maximum Gasteiger partial charge on any atom is 0.276 e. The van der Waals surface area contributed by atoms with E-state index in [-0.39, 0.29) is 0 Å². The zero-order valence-corrected chi connectivity index (χ0v) is 27.7. The van der Waals surface area contributed by atoms with Crippen molar-refractivity contribution in [2.24, 2.45) is 4.95 Å². The van der Waals surface area contributed by atoms with Gasteiger partial charge in [0.15, 0.2) is 0 Å². The van der Waals surface area contributed by atoms with Crippen molar-refractivity contribution in [3.8, 4) is 22.3 Å². The largest absolute Gasteiger partial charge is 0.276 e. The number of allylic oxidation sites excluding steroid dienone is 1. The van der Waals surface area contributed by atoms with Crippen molar-refractivity contribution in [3.63, 3.8) is 0 Å². The van der Waals surface area contributed by atoms with Crippen molar-refractivity contribution in [1.29, 1.82) is 0 Å². The van der Waals surface area contributed by atoms with Crippen LogP contribution >= 0.6 is 7.41 Å². The van der Waals surface area contributed by atoms with E-state index in [0.717, 1.165) is 67.3 Å². The molecular weight excluding hydrogens is 615 g/mol. The summed E-state index contributed by atoms with van der Waals surface area (Å²) in [5, 5.41) is 7.51. The molecule has 0 amide bonds. The summed E-state index contributed by atoms with van der Waals surface area (Å²) in [6, 6.07) is 54.9. The molecule has 8 aromatic rings. The highest BCUT2D eigenvalue weighted by atomic mass is 31.2. The molecule has 1 aliphatic carbocycles. The van der Waals surface area contributed by atoms with Crippen LogP contribution in [-0.2, 0) is 6.42 Å². The Morgan fingerprint density at radius 1 is 0.531 bits per heavy atom. The number of fused-ring (bicyclic) bond motifs is 6. The molecule has 7 aromatic carbocycles. The number of hydrogen-bond donors (Lipinski definition) is 0. The molecule has 1 aromatic heterocycles. The summed E-state index contributed by atoms with van der Waals surface area (Å²) in [6.07, 6.45) is 6.63. The lowest BCUT2D eigenvalue weighted by Crippen LogP contribution is -2.29. The first-order valence-corrected chi connectivity index (χ1v) is 18.5. The highest BCUT2D eigenvalue weighted by molar-refractivity contribution is 7.94. The van der Waals surface area contributed by atoms with E-state index in [9.17, 15) is 4.91 Å². The molecule has 1 aliphatic rings. The third-order valence-corrected chi connectivity index (χ3v) is 13.3. The van der Waals surface area contributed by atoms with Crippen molar-refractivity contribution >= 4 is 62.0 Å². The van der Waals surface area contributed by atoms with Gasteiger partial charge in [-0.1, -0.05) is 127 Å². The average molecular weight is 648 g/mol. The van der Waals surface area contributed by atoms with Gasteiger partial charge < -0.3 is 0 Å². The van der Waals surface area contributed by atoms with Gasteiger partial charge in [-0.25, -0.2) is 4.98 Å². The van der Waals surface area contributed by atoms with E-state index in [1.54, 1.807) is 0 Å². The highest BCUT2D eigenvalue weighted by Gasteiger charge is 2.49. The molecule has 232 valence electrons. The van der Waals surface area contributed by atoms with Gasteiger partial charge in [-0.3, -0.25) is 0 Å². The van der Waals surface area contributed by atoms with Gasteiger partial charge in [0.25, 0.3) is 7.41 Å². The second kappa shape index (κ2) is 12.0. The summed E-state index contributed by atoms with van der Waals surface area (Å²) in [5.74, 6) is 0. The fraction of sp³-hybridized carbons (Fsp3) is 0.0444. The smallest absolute Gasteiger partial charge is 0.246 e. The molecule has 0 unspecified atom stereocenters. The third-order valence-electron chi connectivity index (χ3n) is 9.94. The fourth-order valence-electron chi connectivity index (χ4n) is 7.56. The standard InChI is InChI=1S/C45H32N2OP/c48-47-49(36-16-3-1-4-17-36,37-18-5-2-6-19-37)38-26-22-31(23-27-38)34-14-11-15-35(30-34)43-41-28-24-32-12-7-9-20-39(32)44(41)46-45-40-21-10-8-13-33(40)25-29-42(43)45/h1-7,9-12,14-30H,8,13H2/q+1. The molecule has 4 heteroatoms. The molecule has 3 nitrogen and oxygen atoms in total. The SMILES string of the molecule is O=N[P+](c1ccccc1)(c1ccccc1)c1ccc(-c2cccc(-c3c4ccc5c(c4nc4c3ccc3ccccc34)C=CCC5)c2)cc1. The summed E-state index contributed by atoms with van der Waals surface area (Å²) in [6.45, 7) is 0. The second-order valence-electron chi connectivity index (χ2n) is 12.7. The number of aryl methyl sites for hydroxylation is 1. The number of benzene rings is 7.